The molecule has 1 saturated carbocycles. The van der Waals surface area contributed by atoms with E-state index in [1.807, 2.05) is 0 Å². The van der Waals surface area contributed by atoms with E-state index in [0.29, 0.717) is 23.5 Å². The zero-order chi connectivity index (χ0) is 17.2. The van der Waals surface area contributed by atoms with Gasteiger partial charge in [0.05, 0.1) is 11.6 Å². The predicted octanol–water partition coefficient (Wildman–Crippen LogP) is 2.06. The first-order valence-corrected chi connectivity index (χ1v) is 8.11. The SMILES string of the molecule is O=C(O)c1cccc(Nc2nccc(NC3=CC(C4CC4)NN3)n2)c1. The maximum absolute atomic E-state index is 11.0. The Hall–Kier alpha value is -3.13. The molecule has 1 aromatic heterocycles. The summed E-state index contributed by atoms with van der Waals surface area (Å²) in [6.07, 6.45) is 6.30. The summed E-state index contributed by atoms with van der Waals surface area (Å²) in [6.45, 7) is 0. The van der Waals surface area contributed by atoms with Gasteiger partial charge < -0.3 is 21.2 Å². The maximum atomic E-state index is 11.0. The van der Waals surface area contributed by atoms with Gasteiger partial charge in [0.2, 0.25) is 5.95 Å². The van der Waals surface area contributed by atoms with Crippen LogP contribution in [0, 0.1) is 5.92 Å². The van der Waals surface area contributed by atoms with Crippen molar-refractivity contribution in [3.8, 4) is 0 Å². The fourth-order valence-corrected chi connectivity index (χ4v) is 2.69. The zero-order valence-corrected chi connectivity index (χ0v) is 13.4. The topological polar surface area (TPSA) is 111 Å². The summed E-state index contributed by atoms with van der Waals surface area (Å²) in [7, 11) is 0. The number of carboxylic acids is 1. The van der Waals surface area contributed by atoms with Crippen LogP contribution in [0.1, 0.15) is 23.2 Å². The maximum Gasteiger partial charge on any atom is 0.335 e. The largest absolute Gasteiger partial charge is 0.478 e. The Bertz CT molecular complexity index is 833. The van der Waals surface area contributed by atoms with Gasteiger partial charge in [-0.2, -0.15) is 4.98 Å². The fourth-order valence-electron chi connectivity index (χ4n) is 2.69. The van der Waals surface area contributed by atoms with Crippen molar-refractivity contribution in [1.29, 1.82) is 0 Å². The number of carbonyl (C=O) groups is 1. The average molecular weight is 338 g/mol. The van der Waals surface area contributed by atoms with Crippen molar-refractivity contribution in [2.45, 2.75) is 18.9 Å². The predicted molar refractivity (Wildman–Crippen MR) is 93.2 cm³/mol. The summed E-state index contributed by atoms with van der Waals surface area (Å²) >= 11 is 0. The summed E-state index contributed by atoms with van der Waals surface area (Å²) in [6, 6.07) is 8.64. The molecule has 5 N–H and O–H groups in total. The lowest BCUT2D eigenvalue weighted by Gasteiger charge is -2.10. The molecule has 1 atom stereocenters. The number of nitrogens with zero attached hydrogens (tertiary/aromatic N) is 2. The van der Waals surface area contributed by atoms with Gasteiger partial charge in [-0.15, -0.1) is 0 Å². The van der Waals surface area contributed by atoms with E-state index in [1.165, 1.54) is 25.0 Å². The molecular formula is C17H18N6O2. The van der Waals surface area contributed by atoms with Crippen molar-refractivity contribution in [2.75, 3.05) is 10.6 Å². The number of hydrogen-bond donors (Lipinski definition) is 5. The molecule has 0 spiro atoms. The third-order valence-corrected chi connectivity index (χ3v) is 4.13. The molecule has 0 saturated heterocycles. The Morgan fingerprint density at radius 1 is 1.24 bits per heavy atom. The van der Waals surface area contributed by atoms with Crippen molar-refractivity contribution in [2.24, 2.45) is 5.92 Å². The summed E-state index contributed by atoms with van der Waals surface area (Å²) in [5.74, 6) is 1.64. The lowest BCUT2D eigenvalue weighted by molar-refractivity contribution is 0.0697. The monoisotopic (exact) mass is 338 g/mol. The molecule has 0 bridgehead atoms. The summed E-state index contributed by atoms with van der Waals surface area (Å²) in [5, 5.41) is 15.3. The molecule has 8 heteroatoms. The van der Waals surface area contributed by atoms with Crippen LogP contribution >= 0.6 is 0 Å². The van der Waals surface area contributed by atoms with Gasteiger partial charge in [0, 0.05) is 11.9 Å². The van der Waals surface area contributed by atoms with Crippen LogP contribution in [0.25, 0.3) is 0 Å². The van der Waals surface area contributed by atoms with E-state index < -0.39 is 5.97 Å². The molecule has 2 heterocycles. The minimum absolute atomic E-state index is 0.205. The van der Waals surface area contributed by atoms with Crippen LogP contribution in [0.2, 0.25) is 0 Å². The standard InChI is InChI=1S/C17H18N6O2/c24-16(25)11-2-1-3-12(8-11)19-17-18-7-6-14(21-17)20-15-9-13(22-23-15)10-4-5-10/h1-3,6-10,13,22-23H,4-5H2,(H,24,25)(H2,18,19,20,21). The van der Waals surface area contributed by atoms with Crippen LogP contribution in [0.4, 0.5) is 17.5 Å². The molecule has 2 aliphatic rings. The van der Waals surface area contributed by atoms with Crippen LogP contribution in [0.3, 0.4) is 0 Å². The van der Waals surface area contributed by atoms with E-state index in [4.69, 9.17) is 5.11 Å². The molecule has 0 radical (unpaired) electrons. The molecule has 0 amide bonds. The van der Waals surface area contributed by atoms with Crippen LogP contribution in [-0.4, -0.2) is 27.1 Å². The van der Waals surface area contributed by atoms with Gasteiger partial charge in [-0.3, -0.25) is 0 Å². The number of aromatic nitrogens is 2. The number of rotatable bonds is 6. The molecule has 1 unspecified atom stereocenters. The quantitative estimate of drug-likeness (QED) is 0.544. The van der Waals surface area contributed by atoms with E-state index in [2.05, 4.69) is 37.5 Å². The number of anilines is 3. The zero-order valence-electron chi connectivity index (χ0n) is 13.4. The molecule has 4 rings (SSSR count). The molecule has 1 aliphatic carbocycles. The minimum atomic E-state index is -0.975. The molecule has 1 aromatic carbocycles. The van der Waals surface area contributed by atoms with E-state index in [9.17, 15) is 4.79 Å². The van der Waals surface area contributed by atoms with Crippen molar-refractivity contribution in [3.63, 3.8) is 0 Å². The fraction of sp³-hybridized carbons (Fsp3) is 0.235. The molecule has 1 fully saturated rings. The van der Waals surface area contributed by atoms with E-state index in [1.54, 1.807) is 24.4 Å². The normalized spacial score (nSPS) is 19.0. The summed E-state index contributed by atoms with van der Waals surface area (Å²) in [5.41, 5.74) is 7.18. The van der Waals surface area contributed by atoms with Gasteiger partial charge >= 0.3 is 5.97 Å². The van der Waals surface area contributed by atoms with Gasteiger partial charge in [-0.05, 0) is 49.1 Å². The van der Waals surface area contributed by atoms with Crippen molar-refractivity contribution < 1.29 is 9.90 Å². The third-order valence-electron chi connectivity index (χ3n) is 4.13. The first-order valence-electron chi connectivity index (χ1n) is 8.11. The highest BCUT2D eigenvalue weighted by Crippen LogP contribution is 2.34. The molecular weight excluding hydrogens is 320 g/mol. The van der Waals surface area contributed by atoms with Crippen molar-refractivity contribution >= 4 is 23.4 Å². The van der Waals surface area contributed by atoms with Gasteiger partial charge in [0.15, 0.2) is 0 Å². The number of nitrogens with one attached hydrogen (secondary N) is 4. The molecule has 8 nitrogen and oxygen atoms in total. The van der Waals surface area contributed by atoms with Crippen LogP contribution in [-0.2, 0) is 0 Å². The van der Waals surface area contributed by atoms with E-state index in [0.717, 1.165) is 11.7 Å². The highest BCUT2D eigenvalue weighted by molar-refractivity contribution is 5.89. The molecule has 2 aromatic rings. The van der Waals surface area contributed by atoms with Gasteiger partial charge in [0.25, 0.3) is 0 Å². The number of hydrogen-bond acceptors (Lipinski definition) is 7. The van der Waals surface area contributed by atoms with Crippen molar-refractivity contribution in [1.82, 2.24) is 20.8 Å². The van der Waals surface area contributed by atoms with Gasteiger partial charge in [0.1, 0.15) is 11.6 Å². The first-order chi connectivity index (χ1) is 12.2. The van der Waals surface area contributed by atoms with Gasteiger partial charge in [-0.1, -0.05) is 6.07 Å². The van der Waals surface area contributed by atoms with Crippen LogP contribution < -0.4 is 21.5 Å². The Morgan fingerprint density at radius 3 is 2.92 bits per heavy atom. The summed E-state index contributed by atoms with van der Waals surface area (Å²) < 4.78 is 0. The number of hydrazine groups is 1. The highest BCUT2D eigenvalue weighted by atomic mass is 16.4. The minimum Gasteiger partial charge on any atom is -0.478 e. The molecule has 25 heavy (non-hydrogen) atoms. The Balaban J connectivity index is 1.45. The highest BCUT2D eigenvalue weighted by Gasteiger charge is 2.32. The van der Waals surface area contributed by atoms with Gasteiger partial charge in [-0.25, -0.2) is 15.2 Å². The lowest BCUT2D eigenvalue weighted by atomic mass is 10.2. The Labute approximate surface area is 144 Å². The number of benzene rings is 1. The average Bonchev–Trinajstić information content (AvgIpc) is 3.35. The Kier molecular flexibility index (Phi) is 3.95. The lowest BCUT2D eigenvalue weighted by Crippen LogP contribution is -2.34. The van der Waals surface area contributed by atoms with Crippen molar-refractivity contribution in [3.05, 3.63) is 54.0 Å². The second-order valence-electron chi connectivity index (χ2n) is 6.11. The smallest absolute Gasteiger partial charge is 0.335 e. The second-order valence-corrected chi connectivity index (χ2v) is 6.11. The van der Waals surface area contributed by atoms with Crippen LogP contribution in [0.15, 0.2) is 48.4 Å². The second kappa shape index (κ2) is 6.40. The molecule has 128 valence electrons. The first kappa shape index (κ1) is 15.4. The van der Waals surface area contributed by atoms with E-state index in [-0.39, 0.29) is 5.56 Å². The van der Waals surface area contributed by atoms with Crippen LogP contribution in [0.5, 0.6) is 0 Å². The van der Waals surface area contributed by atoms with E-state index >= 15 is 0 Å². The third kappa shape index (κ3) is 3.69. The summed E-state index contributed by atoms with van der Waals surface area (Å²) in [4.78, 5) is 19.6. The molecule has 1 aliphatic heterocycles. The number of aromatic carboxylic acids is 1. The Morgan fingerprint density at radius 2 is 2.12 bits per heavy atom. The number of carboxylic acid groups (broad SMARTS) is 1.